The summed E-state index contributed by atoms with van der Waals surface area (Å²) in [5.74, 6) is 0.876. The third-order valence-corrected chi connectivity index (χ3v) is 5.34. The van der Waals surface area contributed by atoms with E-state index in [1.165, 1.54) is 0 Å². The highest BCUT2D eigenvalue weighted by Crippen LogP contribution is 2.33. The number of benzene rings is 3. The van der Waals surface area contributed by atoms with Crippen LogP contribution in [0.4, 0.5) is 0 Å². The molecule has 0 unspecified atom stereocenters. The predicted octanol–water partition coefficient (Wildman–Crippen LogP) is 5.37. The molecular weight excluding hydrogens is 420 g/mol. The molecule has 7 heteroatoms. The van der Waals surface area contributed by atoms with Crippen molar-refractivity contribution in [3.63, 3.8) is 0 Å². The lowest BCUT2D eigenvalue weighted by atomic mass is 9.99. The molecule has 0 N–H and O–H groups in total. The molecule has 1 aromatic heterocycles. The van der Waals surface area contributed by atoms with E-state index in [0.29, 0.717) is 49.9 Å². The second-order valence-electron chi connectivity index (χ2n) is 7.01. The fraction of sp³-hybridized carbons (Fsp3) is 0.0833. The van der Waals surface area contributed by atoms with Crippen LogP contribution in [-0.4, -0.2) is 12.8 Å². The summed E-state index contributed by atoms with van der Waals surface area (Å²) in [5.41, 5.74) is 2.14. The van der Waals surface area contributed by atoms with E-state index in [0.717, 1.165) is 5.56 Å². The zero-order chi connectivity index (χ0) is 21.5. The number of rotatable bonds is 3. The quantitative estimate of drug-likeness (QED) is 0.245. The molecule has 5 rings (SSSR count). The first-order chi connectivity index (χ1) is 15.0. The molecule has 154 valence electrons. The van der Waals surface area contributed by atoms with E-state index in [1.807, 2.05) is 6.92 Å². The van der Waals surface area contributed by atoms with E-state index in [2.05, 4.69) is 0 Å². The number of esters is 1. The second-order valence-corrected chi connectivity index (χ2v) is 7.45. The highest BCUT2D eigenvalue weighted by molar-refractivity contribution is 6.30. The molecule has 1 aliphatic rings. The summed E-state index contributed by atoms with van der Waals surface area (Å²) in [6, 6.07) is 16.7. The molecule has 0 saturated heterocycles. The molecule has 0 saturated carbocycles. The maximum Gasteiger partial charge on any atom is 0.344 e. The number of hydrogen-bond acceptors (Lipinski definition) is 6. The van der Waals surface area contributed by atoms with Crippen LogP contribution in [0.3, 0.4) is 0 Å². The molecule has 0 aliphatic carbocycles. The van der Waals surface area contributed by atoms with E-state index in [1.54, 1.807) is 60.7 Å². The summed E-state index contributed by atoms with van der Waals surface area (Å²) in [7, 11) is 0. The molecule has 0 radical (unpaired) electrons. The molecule has 3 aromatic carbocycles. The van der Waals surface area contributed by atoms with Crippen molar-refractivity contribution in [1.82, 2.24) is 0 Å². The fourth-order valence-corrected chi connectivity index (χ4v) is 3.66. The Labute approximate surface area is 181 Å². The third kappa shape index (κ3) is 3.51. The van der Waals surface area contributed by atoms with E-state index >= 15 is 0 Å². The number of ether oxygens (including phenoxy) is 3. The van der Waals surface area contributed by atoms with Crippen LogP contribution in [0.1, 0.15) is 15.9 Å². The smallest absolute Gasteiger partial charge is 0.344 e. The highest BCUT2D eigenvalue weighted by atomic mass is 35.5. The predicted molar refractivity (Wildman–Crippen MR) is 115 cm³/mol. The Morgan fingerprint density at radius 2 is 1.74 bits per heavy atom. The summed E-state index contributed by atoms with van der Waals surface area (Å²) < 4.78 is 21.6. The van der Waals surface area contributed by atoms with Crippen molar-refractivity contribution >= 4 is 28.5 Å². The van der Waals surface area contributed by atoms with E-state index in [4.69, 9.17) is 30.2 Å². The summed E-state index contributed by atoms with van der Waals surface area (Å²) in [5, 5.41) is 1.24. The molecule has 0 bridgehead atoms. The van der Waals surface area contributed by atoms with E-state index in [-0.39, 0.29) is 6.79 Å². The Hall–Kier alpha value is -3.77. The Morgan fingerprint density at radius 1 is 0.968 bits per heavy atom. The average molecular weight is 435 g/mol. The van der Waals surface area contributed by atoms with E-state index in [9.17, 15) is 9.59 Å². The Kier molecular flexibility index (Phi) is 4.64. The van der Waals surface area contributed by atoms with Gasteiger partial charge in [-0.25, -0.2) is 9.59 Å². The fourth-order valence-electron chi connectivity index (χ4n) is 3.53. The Balaban J connectivity index is 1.51. The third-order valence-electron chi connectivity index (χ3n) is 5.09. The van der Waals surface area contributed by atoms with Crippen molar-refractivity contribution in [1.29, 1.82) is 0 Å². The molecule has 0 fully saturated rings. The molecule has 0 amide bonds. The molecule has 1 aliphatic heterocycles. The lowest BCUT2D eigenvalue weighted by Gasteiger charge is -2.10. The first-order valence-electron chi connectivity index (χ1n) is 9.45. The van der Waals surface area contributed by atoms with Crippen LogP contribution < -0.4 is 19.8 Å². The molecule has 31 heavy (non-hydrogen) atoms. The van der Waals surface area contributed by atoms with Crippen LogP contribution in [0, 0.1) is 6.92 Å². The van der Waals surface area contributed by atoms with Crippen molar-refractivity contribution in [2.45, 2.75) is 6.92 Å². The molecule has 0 atom stereocenters. The zero-order valence-electron chi connectivity index (χ0n) is 16.3. The number of aryl methyl sites for hydroxylation is 1. The van der Waals surface area contributed by atoms with Crippen molar-refractivity contribution in [2.75, 3.05) is 6.79 Å². The van der Waals surface area contributed by atoms with Gasteiger partial charge in [-0.3, -0.25) is 0 Å². The number of carbonyl (C=O) groups excluding carboxylic acids is 1. The minimum atomic E-state index is -0.536. The van der Waals surface area contributed by atoms with Gasteiger partial charge in [0.15, 0.2) is 11.5 Å². The number of fused-ring (bicyclic) bond motifs is 2. The molecule has 6 nitrogen and oxygen atoms in total. The number of carbonyl (C=O) groups is 1. The van der Waals surface area contributed by atoms with Gasteiger partial charge in [-0.15, -0.1) is 0 Å². The largest absolute Gasteiger partial charge is 0.454 e. The maximum absolute atomic E-state index is 12.6. The molecule has 4 aromatic rings. The number of hydrogen-bond donors (Lipinski definition) is 0. The summed E-state index contributed by atoms with van der Waals surface area (Å²) in [6.45, 7) is 1.95. The van der Waals surface area contributed by atoms with Gasteiger partial charge in [-0.05, 0) is 66.6 Å². The molecule has 2 heterocycles. The van der Waals surface area contributed by atoms with E-state index < -0.39 is 11.6 Å². The maximum atomic E-state index is 12.6. The monoisotopic (exact) mass is 434 g/mol. The molecule has 0 spiro atoms. The lowest BCUT2D eigenvalue weighted by molar-refractivity contribution is 0.0734. The first kappa shape index (κ1) is 19.2. The normalized spacial score (nSPS) is 12.2. The zero-order valence-corrected chi connectivity index (χ0v) is 17.1. The standard InChI is InChI=1S/C24H15ClO6/c1-13-18-11-17(30-23(26)15-4-8-20-21(10-15)29-12-28-20)7-9-19(18)31-24(27)22(13)14-2-5-16(25)6-3-14/h2-11H,12H2,1H3. The van der Waals surface area contributed by atoms with Crippen LogP contribution >= 0.6 is 11.6 Å². The minimum absolute atomic E-state index is 0.124. The topological polar surface area (TPSA) is 75.0 Å². The summed E-state index contributed by atoms with van der Waals surface area (Å²) in [4.78, 5) is 25.2. The van der Waals surface area contributed by atoms with Gasteiger partial charge in [-0.2, -0.15) is 0 Å². The first-order valence-corrected chi connectivity index (χ1v) is 9.82. The SMILES string of the molecule is Cc1c(-c2ccc(Cl)cc2)c(=O)oc2ccc(OC(=O)c3ccc4c(c3)OCO4)cc12. The van der Waals surface area contributed by atoms with Gasteiger partial charge < -0.3 is 18.6 Å². The van der Waals surface area contributed by atoms with Crippen LogP contribution in [0.2, 0.25) is 5.02 Å². The van der Waals surface area contributed by atoms with Crippen molar-refractivity contribution < 1.29 is 23.4 Å². The van der Waals surface area contributed by atoms with Crippen molar-refractivity contribution in [2.24, 2.45) is 0 Å². The summed E-state index contributed by atoms with van der Waals surface area (Å²) >= 11 is 5.96. The highest BCUT2D eigenvalue weighted by Gasteiger charge is 2.19. The second kappa shape index (κ2) is 7.49. The number of halogens is 1. The van der Waals surface area contributed by atoms with Gasteiger partial charge in [0.05, 0.1) is 11.1 Å². The van der Waals surface area contributed by atoms with Gasteiger partial charge in [0, 0.05) is 10.4 Å². The van der Waals surface area contributed by atoms with Crippen LogP contribution in [0.5, 0.6) is 17.2 Å². The van der Waals surface area contributed by atoms with Crippen LogP contribution in [-0.2, 0) is 0 Å². The van der Waals surface area contributed by atoms with Crippen molar-refractivity contribution in [3.05, 3.63) is 87.2 Å². The van der Waals surface area contributed by atoms with Gasteiger partial charge in [0.2, 0.25) is 6.79 Å². The minimum Gasteiger partial charge on any atom is -0.454 e. The van der Waals surface area contributed by atoms with Gasteiger partial charge >= 0.3 is 11.6 Å². The van der Waals surface area contributed by atoms with Crippen LogP contribution in [0.15, 0.2) is 69.9 Å². The Bertz CT molecular complexity index is 1390. The van der Waals surface area contributed by atoms with Gasteiger partial charge in [0.1, 0.15) is 11.3 Å². The summed E-state index contributed by atoms with van der Waals surface area (Å²) in [6.07, 6.45) is 0. The lowest BCUT2D eigenvalue weighted by Crippen LogP contribution is -2.09. The van der Waals surface area contributed by atoms with Crippen LogP contribution in [0.25, 0.3) is 22.1 Å². The Morgan fingerprint density at radius 3 is 2.55 bits per heavy atom. The average Bonchev–Trinajstić information content (AvgIpc) is 3.23. The molecular formula is C24H15ClO6. The van der Waals surface area contributed by atoms with Crippen molar-refractivity contribution in [3.8, 4) is 28.4 Å². The van der Waals surface area contributed by atoms with Gasteiger partial charge in [-0.1, -0.05) is 23.7 Å². The van der Waals surface area contributed by atoms with Gasteiger partial charge in [0.25, 0.3) is 0 Å².